The molecule has 56 valence electrons. The van der Waals surface area contributed by atoms with Crippen LogP contribution >= 0.6 is 0 Å². The third kappa shape index (κ3) is 6.95. The summed E-state index contributed by atoms with van der Waals surface area (Å²) >= 11 is 0. The van der Waals surface area contributed by atoms with Gasteiger partial charge in [-0.05, 0) is 26.0 Å². The second-order valence-electron chi connectivity index (χ2n) is 2.24. The molecule has 0 rings (SSSR count). The summed E-state index contributed by atoms with van der Waals surface area (Å²) in [5, 5.41) is 8.57. The van der Waals surface area contributed by atoms with Crippen molar-refractivity contribution in [2.75, 3.05) is 0 Å². The molecule has 1 N–H and O–H groups in total. The van der Waals surface area contributed by atoms with Gasteiger partial charge in [-0.25, -0.2) is 0 Å². The predicted molar refractivity (Wildman–Crippen MR) is 44.5 cm³/mol. The van der Waals surface area contributed by atoms with Crippen molar-refractivity contribution in [2.24, 2.45) is 4.99 Å². The highest BCUT2D eigenvalue weighted by molar-refractivity contribution is 5.71. The van der Waals surface area contributed by atoms with E-state index in [9.17, 15) is 0 Å². The van der Waals surface area contributed by atoms with E-state index < -0.39 is 0 Å². The molecule has 10 heavy (non-hydrogen) atoms. The largest absolute Gasteiger partial charge is 0.509 e. The van der Waals surface area contributed by atoms with Crippen molar-refractivity contribution in [3.63, 3.8) is 0 Å². The lowest BCUT2D eigenvalue weighted by Gasteiger charge is -1.89. The Balaban J connectivity index is 3.62. The monoisotopic (exact) mass is 139 g/mol. The van der Waals surface area contributed by atoms with Gasteiger partial charge in [0.05, 0.1) is 0 Å². The van der Waals surface area contributed by atoms with Gasteiger partial charge in [0.1, 0.15) is 5.76 Å². The predicted octanol–water partition coefficient (Wildman–Crippen LogP) is 2.09. The maximum absolute atomic E-state index is 8.57. The highest BCUT2D eigenvalue weighted by Gasteiger charge is 1.79. The van der Waals surface area contributed by atoms with E-state index in [4.69, 9.17) is 5.11 Å². The second-order valence-corrected chi connectivity index (χ2v) is 2.24. The van der Waals surface area contributed by atoms with Crippen molar-refractivity contribution in [1.82, 2.24) is 0 Å². The van der Waals surface area contributed by atoms with Crippen molar-refractivity contribution in [1.29, 1.82) is 0 Å². The molecule has 0 aromatic carbocycles. The molecule has 0 unspecified atom stereocenters. The van der Waals surface area contributed by atoms with Gasteiger partial charge in [0.2, 0.25) is 0 Å². The van der Waals surface area contributed by atoms with Crippen LogP contribution < -0.4 is 0 Å². The van der Waals surface area contributed by atoms with Crippen LogP contribution in [0, 0.1) is 0 Å². The molecule has 0 amide bonds. The molecular formula is C8H13NO. The maximum atomic E-state index is 8.57. The van der Waals surface area contributed by atoms with Gasteiger partial charge < -0.3 is 5.11 Å². The summed E-state index contributed by atoms with van der Waals surface area (Å²) in [7, 11) is 0. The lowest BCUT2D eigenvalue weighted by atomic mass is 10.4. The van der Waals surface area contributed by atoms with Crippen molar-refractivity contribution in [3.8, 4) is 0 Å². The van der Waals surface area contributed by atoms with Crippen LogP contribution in [-0.4, -0.2) is 17.4 Å². The first-order chi connectivity index (χ1) is 4.63. The Labute approximate surface area is 61.6 Å². The van der Waals surface area contributed by atoms with Crippen molar-refractivity contribution in [2.45, 2.75) is 19.9 Å². The fourth-order valence-corrected chi connectivity index (χ4v) is 0.376. The van der Waals surface area contributed by atoms with Crippen LogP contribution in [0.15, 0.2) is 29.5 Å². The van der Waals surface area contributed by atoms with Gasteiger partial charge >= 0.3 is 0 Å². The van der Waals surface area contributed by atoms with Gasteiger partial charge in [0.25, 0.3) is 0 Å². The molecule has 0 aliphatic rings. The number of hydrogen-bond donors (Lipinski definition) is 1. The van der Waals surface area contributed by atoms with E-state index in [1.165, 1.54) is 6.08 Å². The Kier molecular flexibility index (Phi) is 4.29. The summed E-state index contributed by atoms with van der Waals surface area (Å²) in [4.78, 5) is 4.03. The molecule has 2 nitrogen and oxygen atoms in total. The fourth-order valence-electron chi connectivity index (χ4n) is 0.376. The Morgan fingerprint density at radius 2 is 2.20 bits per heavy atom. The standard InChI is InChI=1S/C8H13NO/c1-7(2)9-6-4-5-8(3)10/h4-7,10H,3H2,1-2H3/b5-4-,9-6?. The average molecular weight is 139 g/mol. The smallest absolute Gasteiger partial charge is 0.108 e. The summed E-state index contributed by atoms with van der Waals surface area (Å²) in [6.07, 6.45) is 4.79. The number of aliphatic hydroxyl groups is 1. The summed E-state index contributed by atoms with van der Waals surface area (Å²) < 4.78 is 0. The molecule has 0 atom stereocenters. The molecule has 0 aliphatic carbocycles. The van der Waals surface area contributed by atoms with E-state index in [-0.39, 0.29) is 5.76 Å². The number of allylic oxidation sites excluding steroid dienone is 2. The highest BCUT2D eigenvalue weighted by atomic mass is 16.3. The van der Waals surface area contributed by atoms with Crippen molar-refractivity contribution >= 4 is 6.21 Å². The lowest BCUT2D eigenvalue weighted by Crippen LogP contribution is -1.86. The molecular weight excluding hydrogens is 126 g/mol. The molecule has 0 aromatic heterocycles. The van der Waals surface area contributed by atoms with Crippen LogP contribution in [0.4, 0.5) is 0 Å². The molecule has 0 aromatic rings. The number of rotatable bonds is 3. The SMILES string of the molecule is C=C(O)/C=C\C=NC(C)C. The minimum absolute atomic E-state index is 0.0511. The topological polar surface area (TPSA) is 32.6 Å². The van der Waals surface area contributed by atoms with E-state index in [1.54, 1.807) is 12.3 Å². The maximum Gasteiger partial charge on any atom is 0.108 e. The van der Waals surface area contributed by atoms with Crippen LogP contribution in [0.3, 0.4) is 0 Å². The number of aliphatic hydroxyl groups excluding tert-OH is 1. The molecule has 0 saturated carbocycles. The van der Waals surface area contributed by atoms with Crippen LogP contribution in [-0.2, 0) is 0 Å². The minimum atomic E-state index is 0.0511. The zero-order chi connectivity index (χ0) is 7.98. The second kappa shape index (κ2) is 4.79. The quantitative estimate of drug-likeness (QED) is 0.362. The first-order valence-electron chi connectivity index (χ1n) is 3.20. The summed E-state index contributed by atoms with van der Waals surface area (Å²) in [6.45, 7) is 7.25. The fraction of sp³-hybridized carbons (Fsp3) is 0.375. The number of hydrogen-bond acceptors (Lipinski definition) is 2. The van der Waals surface area contributed by atoms with Gasteiger partial charge in [0, 0.05) is 12.3 Å². The molecule has 0 heterocycles. The van der Waals surface area contributed by atoms with E-state index in [2.05, 4.69) is 11.6 Å². The van der Waals surface area contributed by atoms with Crippen molar-refractivity contribution in [3.05, 3.63) is 24.5 Å². The summed E-state index contributed by atoms with van der Waals surface area (Å²) in [5.41, 5.74) is 0. The Hall–Kier alpha value is -1.05. The molecule has 0 aliphatic heterocycles. The van der Waals surface area contributed by atoms with Crippen LogP contribution in [0.2, 0.25) is 0 Å². The average Bonchev–Trinajstić information content (AvgIpc) is 1.79. The Morgan fingerprint density at radius 1 is 1.60 bits per heavy atom. The van der Waals surface area contributed by atoms with E-state index in [0.717, 1.165) is 0 Å². The zero-order valence-electron chi connectivity index (χ0n) is 6.41. The molecule has 2 heteroatoms. The van der Waals surface area contributed by atoms with Gasteiger partial charge in [-0.3, -0.25) is 4.99 Å². The third-order valence-electron chi connectivity index (χ3n) is 0.759. The Morgan fingerprint density at radius 3 is 2.60 bits per heavy atom. The van der Waals surface area contributed by atoms with E-state index in [0.29, 0.717) is 6.04 Å². The van der Waals surface area contributed by atoms with Crippen LogP contribution in [0.1, 0.15) is 13.8 Å². The molecule has 0 saturated heterocycles. The molecule has 0 fully saturated rings. The summed E-state index contributed by atoms with van der Waals surface area (Å²) in [5.74, 6) is 0.0511. The highest BCUT2D eigenvalue weighted by Crippen LogP contribution is 1.85. The first-order valence-corrected chi connectivity index (χ1v) is 3.20. The van der Waals surface area contributed by atoms with Crippen LogP contribution in [0.25, 0.3) is 0 Å². The molecule has 0 radical (unpaired) electrons. The third-order valence-corrected chi connectivity index (χ3v) is 0.759. The normalized spacial score (nSPS) is 11.9. The van der Waals surface area contributed by atoms with Gasteiger partial charge in [-0.15, -0.1) is 0 Å². The number of aliphatic imine (C=N–C) groups is 1. The van der Waals surface area contributed by atoms with Gasteiger partial charge in [-0.2, -0.15) is 0 Å². The number of nitrogens with zero attached hydrogens (tertiary/aromatic N) is 1. The molecule has 0 bridgehead atoms. The first kappa shape index (κ1) is 8.95. The van der Waals surface area contributed by atoms with Gasteiger partial charge in [-0.1, -0.05) is 6.58 Å². The van der Waals surface area contributed by atoms with Gasteiger partial charge in [0.15, 0.2) is 0 Å². The zero-order valence-corrected chi connectivity index (χ0v) is 6.41. The van der Waals surface area contributed by atoms with Crippen molar-refractivity contribution < 1.29 is 5.11 Å². The molecule has 0 spiro atoms. The van der Waals surface area contributed by atoms with Crippen LogP contribution in [0.5, 0.6) is 0 Å². The Bertz CT molecular complexity index is 157. The lowest BCUT2D eigenvalue weighted by molar-refractivity contribution is 0.435. The van der Waals surface area contributed by atoms with E-state index in [1.807, 2.05) is 13.8 Å². The van der Waals surface area contributed by atoms with E-state index >= 15 is 0 Å². The minimum Gasteiger partial charge on any atom is -0.509 e. The summed E-state index contributed by atoms with van der Waals surface area (Å²) in [6, 6.07) is 0.302.